The average molecular weight is 384 g/mol. The van der Waals surface area contributed by atoms with Crippen LogP contribution in [0.5, 0.6) is 0 Å². The first kappa shape index (κ1) is 17.0. The highest BCUT2D eigenvalue weighted by molar-refractivity contribution is 7.99. The summed E-state index contributed by atoms with van der Waals surface area (Å²) >= 11 is 7.53. The topological polar surface area (TPSA) is 51.1 Å². The fraction of sp³-hybridized carbons (Fsp3) is 0.158. The first-order chi connectivity index (χ1) is 12.6. The number of ketones is 1. The molecule has 2 heterocycles. The summed E-state index contributed by atoms with van der Waals surface area (Å²) in [6.07, 6.45) is 0. The van der Waals surface area contributed by atoms with E-state index >= 15 is 0 Å². The van der Waals surface area contributed by atoms with E-state index < -0.39 is 0 Å². The number of benzene rings is 2. The van der Waals surface area contributed by atoms with E-state index in [4.69, 9.17) is 16.7 Å². The molecule has 0 atom stereocenters. The van der Waals surface area contributed by atoms with Crippen molar-refractivity contribution in [3.05, 3.63) is 76.6 Å². The lowest BCUT2D eigenvalue weighted by molar-refractivity contribution is -0.723. The molecule has 2 aromatic carbocycles. The van der Waals surface area contributed by atoms with Gasteiger partial charge in [-0.3, -0.25) is 4.79 Å². The molecular formula is C19H16ClN4OS+. The third kappa shape index (κ3) is 3.30. The van der Waals surface area contributed by atoms with Crippen molar-refractivity contribution in [3.8, 4) is 0 Å². The van der Waals surface area contributed by atoms with Crippen LogP contribution in [-0.2, 0) is 6.54 Å². The van der Waals surface area contributed by atoms with Gasteiger partial charge in [-0.25, -0.2) is 0 Å². The van der Waals surface area contributed by atoms with Gasteiger partial charge < -0.3 is 0 Å². The van der Waals surface area contributed by atoms with E-state index in [2.05, 4.69) is 17.2 Å². The molecule has 1 aromatic heterocycles. The molecule has 0 amide bonds. The quantitative estimate of drug-likeness (QED) is 0.512. The van der Waals surface area contributed by atoms with Gasteiger partial charge in [-0.1, -0.05) is 51.3 Å². The predicted octanol–water partition coefficient (Wildman–Crippen LogP) is 3.37. The van der Waals surface area contributed by atoms with Gasteiger partial charge in [0.25, 0.3) is 5.82 Å². The number of aromatic nitrogens is 3. The molecule has 0 unspecified atom stereocenters. The maximum atomic E-state index is 12.5. The molecule has 0 fully saturated rings. The van der Waals surface area contributed by atoms with Gasteiger partial charge in [-0.2, -0.15) is 0 Å². The van der Waals surface area contributed by atoms with Gasteiger partial charge in [0.05, 0.1) is 11.5 Å². The molecule has 0 aliphatic carbocycles. The van der Waals surface area contributed by atoms with Gasteiger partial charge >= 0.3 is 5.16 Å². The van der Waals surface area contributed by atoms with Crippen molar-refractivity contribution in [2.24, 2.45) is 5.10 Å². The zero-order valence-electron chi connectivity index (χ0n) is 14.1. The Balaban J connectivity index is 1.62. The first-order valence-corrected chi connectivity index (χ1v) is 9.52. The van der Waals surface area contributed by atoms with Crippen molar-refractivity contribution in [1.29, 1.82) is 0 Å². The molecule has 130 valence electrons. The van der Waals surface area contributed by atoms with Crippen molar-refractivity contribution in [3.63, 3.8) is 0 Å². The lowest BCUT2D eigenvalue weighted by atomic mass is 10.1. The Hall–Kier alpha value is -2.44. The number of aryl methyl sites for hydroxylation is 1. The van der Waals surface area contributed by atoms with E-state index in [1.54, 1.807) is 40.7 Å². The van der Waals surface area contributed by atoms with E-state index in [-0.39, 0.29) is 12.3 Å². The number of hydrogen-bond donors (Lipinski definition) is 0. The van der Waals surface area contributed by atoms with Gasteiger partial charge in [0.15, 0.2) is 12.3 Å². The molecule has 0 radical (unpaired) electrons. The summed E-state index contributed by atoms with van der Waals surface area (Å²) in [6.45, 7) is 2.07. The highest BCUT2D eigenvalue weighted by atomic mass is 35.5. The zero-order valence-corrected chi connectivity index (χ0v) is 15.7. The summed E-state index contributed by atoms with van der Waals surface area (Å²) in [7, 11) is 0. The van der Waals surface area contributed by atoms with Crippen LogP contribution in [0.25, 0.3) is 0 Å². The Labute approximate surface area is 160 Å². The molecule has 5 nitrogen and oxygen atoms in total. The zero-order chi connectivity index (χ0) is 18.1. The summed E-state index contributed by atoms with van der Waals surface area (Å²) in [5.41, 5.74) is 2.72. The van der Waals surface area contributed by atoms with E-state index in [0.717, 1.165) is 28.0 Å². The fourth-order valence-electron chi connectivity index (χ4n) is 2.78. The van der Waals surface area contributed by atoms with Crippen molar-refractivity contribution >= 4 is 34.9 Å². The molecule has 0 spiro atoms. The summed E-state index contributed by atoms with van der Waals surface area (Å²) in [4.78, 5) is 12.5. The van der Waals surface area contributed by atoms with Crippen molar-refractivity contribution < 1.29 is 9.47 Å². The molecule has 0 bridgehead atoms. The van der Waals surface area contributed by atoms with Gasteiger partial charge in [0, 0.05) is 22.6 Å². The minimum atomic E-state index is -0.00833. The minimum Gasteiger partial charge on any atom is -0.290 e. The Bertz CT molecular complexity index is 996. The normalized spacial score (nSPS) is 13.2. The average Bonchev–Trinajstić information content (AvgIpc) is 2.98. The number of rotatable bonds is 4. The van der Waals surface area contributed by atoms with E-state index in [9.17, 15) is 4.79 Å². The maximum absolute atomic E-state index is 12.5. The van der Waals surface area contributed by atoms with Gasteiger partial charge in [0.1, 0.15) is 0 Å². The second kappa shape index (κ2) is 7.05. The van der Waals surface area contributed by atoms with Gasteiger partial charge in [-0.15, -0.1) is 5.10 Å². The molecule has 0 saturated carbocycles. The highest BCUT2D eigenvalue weighted by Crippen LogP contribution is 2.21. The second-order valence-corrected chi connectivity index (χ2v) is 7.31. The maximum Gasteiger partial charge on any atom is 0.321 e. The molecule has 26 heavy (non-hydrogen) atoms. The SMILES string of the molecule is Cc1nn(CC(=O)c2ccc(Cl)cc2)c2[n+]1N=C(c1ccccc1)CS2. The van der Waals surface area contributed by atoms with E-state index in [1.165, 1.54) is 0 Å². The van der Waals surface area contributed by atoms with Crippen LogP contribution < -0.4 is 4.68 Å². The molecule has 4 rings (SSSR count). The first-order valence-electron chi connectivity index (χ1n) is 8.16. The number of carbonyl (C=O) groups excluding carboxylic acids is 1. The number of fused-ring (bicyclic) bond motifs is 1. The molecule has 1 aliphatic heterocycles. The third-order valence-corrected chi connectivity index (χ3v) is 5.41. The largest absolute Gasteiger partial charge is 0.321 e. The monoisotopic (exact) mass is 383 g/mol. The van der Waals surface area contributed by atoms with E-state index in [0.29, 0.717) is 10.6 Å². The molecule has 3 aromatic rings. The number of hydrogen-bond acceptors (Lipinski definition) is 4. The number of thioether (sulfide) groups is 1. The van der Waals surface area contributed by atoms with Crippen LogP contribution in [0, 0.1) is 6.92 Å². The van der Waals surface area contributed by atoms with Crippen LogP contribution >= 0.6 is 23.4 Å². The standard InChI is InChI=1S/C19H16ClN4OS/c1-13-21-23(11-18(25)15-7-9-16(20)10-8-15)19-24(13)22-17(12-26-19)14-5-3-2-4-6-14/h2-10H,11-12H2,1H3/q+1. The van der Waals surface area contributed by atoms with Crippen molar-refractivity contribution in [1.82, 2.24) is 9.78 Å². The minimum absolute atomic E-state index is 0.00833. The Kier molecular flexibility index (Phi) is 4.61. The van der Waals surface area contributed by atoms with Gasteiger partial charge in [-0.05, 0) is 41.6 Å². The Morgan fingerprint density at radius 2 is 1.92 bits per heavy atom. The smallest absolute Gasteiger partial charge is 0.290 e. The predicted molar refractivity (Wildman–Crippen MR) is 102 cm³/mol. The second-order valence-electron chi connectivity index (χ2n) is 5.93. The summed E-state index contributed by atoms with van der Waals surface area (Å²) in [5, 5.41) is 10.7. The van der Waals surface area contributed by atoms with E-state index in [1.807, 2.05) is 29.8 Å². The third-order valence-electron chi connectivity index (χ3n) is 4.10. The highest BCUT2D eigenvalue weighted by Gasteiger charge is 2.30. The van der Waals surface area contributed by atoms with Crippen molar-refractivity contribution in [2.45, 2.75) is 18.6 Å². The van der Waals surface area contributed by atoms with Crippen LogP contribution in [0.1, 0.15) is 21.7 Å². The number of carbonyl (C=O) groups is 1. The van der Waals surface area contributed by atoms with Crippen LogP contribution in [0.15, 0.2) is 64.9 Å². The Morgan fingerprint density at radius 3 is 2.65 bits per heavy atom. The lowest BCUT2D eigenvalue weighted by Crippen LogP contribution is -2.38. The summed E-state index contributed by atoms with van der Waals surface area (Å²) in [6, 6.07) is 17.0. The molecular weight excluding hydrogens is 368 g/mol. The van der Waals surface area contributed by atoms with Crippen LogP contribution in [-0.4, -0.2) is 27.0 Å². The summed E-state index contributed by atoms with van der Waals surface area (Å²) < 4.78 is 3.54. The van der Waals surface area contributed by atoms with Gasteiger partial charge in [0.2, 0.25) is 0 Å². The van der Waals surface area contributed by atoms with Crippen LogP contribution in [0.3, 0.4) is 0 Å². The van der Waals surface area contributed by atoms with Crippen molar-refractivity contribution in [2.75, 3.05) is 5.75 Å². The molecule has 0 N–H and O–H groups in total. The molecule has 1 aliphatic rings. The fourth-order valence-corrected chi connectivity index (χ4v) is 3.94. The molecule has 0 saturated heterocycles. The Morgan fingerprint density at radius 1 is 1.19 bits per heavy atom. The lowest BCUT2D eigenvalue weighted by Gasteiger charge is -2.10. The number of Topliss-reactive ketones (excluding diaryl/α,β-unsaturated/α-hetero) is 1. The van der Waals surface area contributed by atoms with Crippen LogP contribution in [0.2, 0.25) is 5.02 Å². The summed E-state index contributed by atoms with van der Waals surface area (Å²) in [5.74, 6) is 1.49. The molecule has 7 heteroatoms. The number of halogens is 1. The van der Waals surface area contributed by atoms with Crippen LogP contribution in [0.4, 0.5) is 0 Å². The number of nitrogens with zero attached hydrogens (tertiary/aromatic N) is 4.